The summed E-state index contributed by atoms with van der Waals surface area (Å²) >= 11 is 0. The number of carbonyl (C=O) groups excluding carboxylic acids is 1. The minimum atomic E-state index is -0.962. The molecule has 2 amide bonds. The van der Waals surface area contributed by atoms with E-state index < -0.39 is 10.8 Å². The maximum absolute atomic E-state index is 12.3. The van der Waals surface area contributed by atoms with Crippen LogP contribution < -0.4 is 5.32 Å². The van der Waals surface area contributed by atoms with Gasteiger partial charge in [0.2, 0.25) is 0 Å². The van der Waals surface area contributed by atoms with E-state index in [2.05, 4.69) is 11.9 Å². The molecule has 5 heteroatoms. The fraction of sp³-hybridized carbons (Fsp3) is 0.500. The van der Waals surface area contributed by atoms with Crippen LogP contribution in [0.15, 0.2) is 36.4 Å². The van der Waals surface area contributed by atoms with E-state index in [0.29, 0.717) is 18.8 Å². The Balaban J connectivity index is 2.79. The Morgan fingerprint density at radius 2 is 2.00 bits per heavy atom. The number of rotatable bonds is 6. The molecule has 0 aliphatic rings. The molecule has 128 valence electrons. The maximum atomic E-state index is 12.3. The van der Waals surface area contributed by atoms with Crippen LogP contribution in [0.1, 0.15) is 40.2 Å². The molecule has 0 heterocycles. The Kier molecular flexibility index (Phi) is 7.01. The highest BCUT2D eigenvalue weighted by atomic mass is 32.2. The Morgan fingerprint density at radius 1 is 1.35 bits per heavy atom. The van der Waals surface area contributed by atoms with Crippen molar-refractivity contribution in [2.75, 3.05) is 18.4 Å². The Labute approximate surface area is 142 Å². The van der Waals surface area contributed by atoms with Gasteiger partial charge in [0.1, 0.15) is 0 Å². The largest absolute Gasteiger partial charge is 0.322 e. The number of benzene rings is 1. The van der Waals surface area contributed by atoms with Gasteiger partial charge in [0.05, 0.1) is 0 Å². The first-order chi connectivity index (χ1) is 10.6. The first-order valence-electron chi connectivity index (χ1n) is 7.81. The maximum Gasteiger partial charge on any atom is 0.322 e. The molecule has 0 aliphatic carbocycles. The molecule has 1 aromatic rings. The molecule has 4 nitrogen and oxygen atoms in total. The van der Waals surface area contributed by atoms with Gasteiger partial charge >= 0.3 is 6.03 Å². The highest BCUT2D eigenvalue weighted by Crippen LogP contribution is 2.19. The molecule has 0 saturated heterocycles. The Bertz CT molecular complexity index is 591. The summed E-state index contributed by atoms with van der Waals surface area (Å²) in [4.78, 5) is 14.0. The van der Waals surface area contributed by atoms with Crippen LogP contribution in [0.5, 0.6) is 0 Å². The Morgan fingerprint density at radius 3 is 2.52 bits per heavy atom. The third-order valence-electron chi connectivity index (χ3n) is 3.29. The van der Waals surface area contributed by atoms with Gasteiger partial charge in [-0.1, -0.05) is 24.3 Å². The SMILES string of the molecule is C=C(C)CN(CC)C(=O)Nc1cccc(CS(=O)C(C)(C)C)c1. The number of hydrogen-bond acceptors (Lipinski definition) is 2. The molecule has 0 bridgehead atoms. The van der Waals surface area contributed by atoms with Crippen LogP contribution >= 0.6 is 0 Å². The van der Waals surface area contributed by atoms with E-state index in [4.69, 9.17) is 0 Å². The van der Waals surface area contributed by atoms with Crippen LogP contribution in [-0.2, 0) is 16.6 Å². The molecule has 1 aromatic carbocycles. The monoisotopic (exact) mass is 336 g/mol. The van der Waals surface area contributed by atoms with Gasteiger partial charge in [-0.15, -0.1) is 0 Å². The normalized spacial score (nSPS) is 12.6. The molecule has 1 unspecified atom stereocenters. The van der Waals surface area contributed by atoms with E-state index in [-0.39, 0.29) is 10.8 Å². The van der Waals surface area contributed by atoms with Crippen molar-refractivity contribution in [3.63, 3.8) is 0 Å². The van der Waals surface area contributed by atoms with Gasteiger partial charge in [-0.3, -0.25) is 4.21 Å². The number of anilines is 1. The van der Waals surface area contributed by atoms with Crippen LogP contribution in [0, 0.1) is 0 Å². The lowest BCUT2D eigenvalue weighted by molar-refractivity contribution is 0.218. The summed E-state index contributed by atoms with van der Waals surface area (Å²) in [6.45, 7) is 14.7. The van der Waals surface area contributed by atoms with E-state index in [0.717, 1.165) is 16.8 Å². The number of carbonyl (C=O) groups is 1. The van der Waals surface area contributed by atoms with Crippen molar-refractivity contribution in [3.05, 3.63) is 42.0 Å². The summed E-state index contributed by atoms with van der Waals surface area (Å²) in [5.74, 6) is 0.483. The number of nitrogens with zero attached hydrogens (tertiary/aromatic N) is 1. The molecule has 0 aromatic heterocycles. The van der Waals surface area contributed by atoms with Crippen LogP contribution in [0.4, 0.5) is 10.5 Å². The number of hydrogen-bond donors (Lipinski definition) is 1. The molecular weight excluding hydrogens is 308 g/mol. The zero-order chi connectivity index (χ0) is 17.6. The fourth-order valence-corrected chi connectivity index (χ4v) is 2.88. The molecule has 1 N–H and O–H groups in total. The van der Waals surface area contributed by atoms with E-state index in [1.54, 1.807) is 4.90 Å². The van der Waals surface area contributed by atoms with Crippen molar-refractivity contribution in [2.45, 2.75) is 45.1 Å². The molecule has 1 atom stereocenters. The second-order valence-corrected chi connectivity index (χ2v) is 8.91. The van der Waals surface area contributed by atoms with Gasteiger partial charge in [0.15, 0.2) is 0 Å². The lowest BCUT2D eigenvalue weighted by Crippen LogP contribution is -2.35. The van der Waals surface area contributed by atoms with E-state index >= 15 is 0 Å². The second-order valence-electron chi connectivity index (χ2n) is 6.70. The lowest BCUT2D eigenvalue weighted by Gasteiger charge is -2.22. The highest BCUT2D eigenvalue weighted by molar-refractivity contribution is 7.85. The minimum Gasteiger partial charge on any atom is -0.321 e. The predicted octanol–water partition coefficient (Wildman–Crippen LogP) is 4.16. The van der Waals surface area contributed by atoms with Gasteiger partial charge in [0.25, 0.3) is 0 Å². The molecular formula is C18H28N2O2S. The van der Waals surface area contributed by atoms with Gasteiger partial charge in [-0.2, -0.15) is 0 Å². The fourth-order valence-electron chi connectivity index (χ4n) is 1.96. The molecule has 23 heavy (non-hydrogen) atoms. The number of likely N-dealkylation sites (N-methyl/N-ethyl adjacent to an activating group) is 1. The van der Waals surface area contributed by atoms with Crippen molar-refractivity contribution in [1.29, 1.82) is 0 Å². The van der Waals surface area contributed by atoms with Crippen molar-refractivity contribution >= 4 is 22.5 Å². The summed E-state index contributed by atoms with van der Waals surface area (Å²) in [7, 11) is -0.962. The van der Waals surface area contributed by atoms with Gasteiger partial charge in [-0.05, 0) is 52.3 Å². The first kappa shape index (κ1) is 19.4. The van der Waals surface area contributed by atoms with Crippen molar-refractivity contribution in [3.8, 4) is 0 Å². The summed E-state index contributed by atoms with van der Waals surface area (Å²) in [6.07, 6.45) is 0. The summed E-state index contributed by atoms with van der Waals surface area (Å²) in [5, 5.41) is 2.90. The topological polar surface area (TPSA) is 49.4 Å². The standard InChI is InChI=1S/C18H28N2O2S/c1-7-20(12-14(2)3)17(21)19-16-10-8-9-15(11-16)13-23(22)18(4,5)6/h8-11H,2,7,12-13H2,1,3-6H3,(H,19,21). The second kappa shape index (κ2) is 8.29. The quantitative estimate of drug-likeness (QED) is 0.793. The molecule has 0 spiro atoms. The zero-order valence-electron chi connectivity index (χ0n) is 14.8. The third-order valence-corrected chi connectivity index (χ3v) is 5.25. The van der Waals surface area contributed by atoms with Crippen molar-refractivity contribution < 1.29 is 9.00 Å². The summed E-state index contributed by atoms with van der Waals surface area (Å²) < 4.78 is 12.0. The number of urea groups is 1. The molecule has 1 rings (SSSR count). The van der Waals surface area contributed by atoms with Gasteiger partial charge in [-0.25, -0.2) is 4.79 Å². The number of nitrogens with one attached hydrogen (secondary N) is 1. The smallest absolute Gasteiger partial charge is 0.321 e. The first-order valence-corrected chi connectivity index (χ1v) is 9.13. The third kappa shape index (κ3) is 6.57. The lowest BCUT2D eigenvalue weighted by atomic mass is 10.2. The number of amides is 2. The predicted molar refractivity (Wildman–Crippen MR) is 99.1 cm³/mol. The summed E-state index contributed by atoms with van der Waals surface area (Å²) in [6, 6.07) is 7.39. The minimum absolute atomic E-state index is 0.149. The van der Waals surface area contributed by atoms with E-state index in [1.807, 2.05) is 58.9 Å². The average molecular weight is 337 g/mol. The Hall–Kier alpha value is -1.62. The average Bonchev–Trinajstić information content (AvgIpc) is 2.43. The van der Waals surface area contributed by atoms with Crippen LogP contribution in [-0.4, -0.2) is 33.0 Å². The molecule has 0 saturated carbocycles. The highest BCUT2D eigenvalue weighted by Gasteiger charge is 2.19. The molecule has 0 radical (unpaired) electrons. The zero-order valence-corrected chi connectivity index (χ0v) is 15.6. The van der Waals surface area contributed by atoms with Crippen LogP contribution in [0.25, 0.3) is 0 Å². The van der Waals surface area contributed by atoms with Gasteiger partial charge in [0, 0.05) is 40.1 Å². The summed E-state index contributed by atoms with van der Waals surface area (Å²) in [5.41, 5.74) is 2.62. The van der Waals surface area contributed by atoms with Gasteiger partial charge < -0.3 is 10.2 Å². The van der Waals surface area contributed by atoms with Crippen LogP contribution in [0.3, 0.4) is 0 Å². The molecule has 0 aliphatic heterocycles. The van der Waals surface area contributed by atoms with E-state index in [9.17, 15) is 9.00 Å². The van der Waals surface area contributed by atoms with Crippen molar-refractivity contribution in [1.82, 2.24) is 4.90 Å². The van der Waals surface area contributed by atoms with E-state index in [1.165, 1.54) is 0 Å². The molecule has 0 fully saturated rings. The van der Waals surface area contributed by atoms with Crippen LogP contribution in [0.2, 0.25) is 0 Å². The van der Waals surface area contributed by atoms with Crippen molar-refractivity contribution in [2.24, 2.45) is 0 Å².